The van der Waals surface area contributed by atoms with Gasteiger partial charge in [0.15, 0.2) is 5.65 Å². The van der Waals surface area contributed by atoms with Crippen LogP contribution in [-0.4, -0.2) is 20.4 Å². The molecule has 5 rings (SSSR count). The van der Waals surface area contributed by atoms with Gasteiger partial charge in [-0.15, -0.1) is 0 Å². The zero-order chi connectivity index (χ0) is 23.1. The maximum atomic E-state index is 13.5. The Balaban J connectivity index is 1.72. The zero-order valence-corrected chi connectivity index (χ0v) is 19.1. The zero-order valence-electron chi connectivity index (χ0n) is 17.6. The Labute approximate surface area is 200 Å². The molecule has 0 saturated carbocycles. The highest BCUT2D eigenvalue weighted by Gasteiger charge is 2.26. The SMILES string of the molecule is CC(NC(=O)c1c(N)n(-c2cc(Cl)cc(Cl)c2)c2nc3ccccc3nc12)c1ccccc1. The van der Waals surface area contributed by atoms with Crippen LogP contribution in [0.15, 0.2) is 72.8 Å². The summed E-state index contributed by atoms with van der Waals surface area (Å²) < 4.78 is 1.66. The molecule has 0 radical (unpaired) electrons. The van der Waals surface area contributed by atoms with Gasteiger partial charge in [0, 0.05) is 10.0 Å². The van der Waals surface area contributed by atoms with E-state index in [4.69, 9.17) is 38.9 Å². The number of anilines is 1. The minimum Gasteiger partial charge on any atom is -0.384 e. The van der Waals surface area contributed by atoms with Gasteiger partial charge in [-0.3, -0.25) is 9.36 Å². The Bertz CT molecular complexity index is 1490. The molecule has 0 bridgehead atoms. The smallest absolute Gasteiger partial charge is 0.257 e. The number of rotatable bonds is 4. The molecule has 2 heterocycles. The molecule has 8 heteroatoms. The lowest BCUT2D eigenvalue weighted by molar-refractivity contribution is 0.0942. The molecule has 1 amide bonds. The molecule has 33 heavy (non-hydrogen) atoms. The first kappa shape index (κ1) is 21.2. The second kappa shape index (κ2) is 8.39. The number of hydrogen-bond donors (Lipinski definition) is 2. The Morgan fingerprint density at radius 3 is 2.21 bits per heavy atom. The molecule has 2 aromatic heterocycles. The molecule has 6 nitrogen and oxygen atoms in total. The number of nitrogens with one attached hydrogen (secondary N) is 1. The molecule has 0 aliphatic rings. The standard InChI is InChI=1S/C25H19Cl2N5O/c1-14(15-7-3-2-4-8-15)29-25(33)21-22-24(31-20-10-6-5-9-19(20)30-22)32(23(21)28)18-12-16(26)11-17(27)13-18/h2-14H,28H2,1H3,(H,29,33). The molecule has 1 unspecified atom stereocenters. The summed E-state index contributed by atoms with van der Waals surface area (Å²) in [5, 5.41) is 3.91. The summed E-state index contributed by atoms with van der Waals surface area (Å²) in [4.78, 5) is 23.0. The van der Waals surface area contributed by atoms with Crippen molar-refractivity contribution in [3.8, 4) is 5.69 Å². The van der Waals surface area contributed by atoms with Crippen LogP contribution in [-0.2, 0) is 0 Å². The number of hydrogen-bond acceptors (Lipinski definition) is 4. The normalized spacial score (nSPS) is 12.2. The highest BCUT2D eigenvalue weighted by atomic mass is 35.5. The van der Waals surface area contributed by atoms with Crippen molar-refractivity contribution in [1.82, 2.24) is 19.9 Å². The number of benzene rings is 3. The van der Waals surface area contributed by atoms with E-state index in [-0.39, 0.29) is 23.3 Å². The highest BCUT2D eigenvalue weighted by molar-refractivity contribution is 6.35. The Morgan fingerprint density at radius 1 is 0.939 bits per heavy atom. The number of fused-ring (bicyclic) bond motifs is 2. The number of nitrogens with two attached hydrogens (primary N) is 1. The van der Waals surface area contributed by atoms with Crippen molar-refractivity contribution >= 4 is 57.1 Å². The van der Waals surface area contributed by atoms with Gasteiger partial charge in [-0.25, -0.2) is 9.97 Å². The van der Waals surface area contributed by atoms with Gasteiger partial charge in [-0.2, -0.15) is 0 Å². The molecule has 3 aromatic carbocycles. The van der Waals surface area contributed by atoms with E-state index in [1.807, 2.05) is 61.5 Å². The molecular formula is C25H19Cl2N5O. The summed E-state index contributed by atoms with van der Waals surface area (Å²) in [7, 11) is 0. The second-order valence-electron chi connectivity index (χ2n) is 7.71. The van der Waals surface area contributed by atoms with Gasteiger partial charge in [0.1, 0.15) is 16.9 Å². The predicted octanol–water partition coefficient (Wildman–Crippen LogP) is 5.95. The summed E-state index contributed by atoms with van der Waals surface area (Å²) in [6, 6.07) is 22.0. The lowest BCUT2D eigenvalue weighted by Gasteiger charge is -2.14. The van der Waals surface area contributed by atoms with E-state index in [9.17, 15) is 4.79 Å². The van der Waals surface area contributed by atoms with Crippen molar-refractivity contribution in [3.05, 3.63) is 94.0 Å². The monoisotopic (exact) mass is 475 g/mol. The number of halogens is 2. The molecule has 0 fully saturated rings. The van der Waals surface area contributed by atoms with Crippen LogP contribution in [0.5, 0.6) is 0 Å². The van der Waals surface area contributed by atoms with Crippen LogP contribution in [0.4, 0.5) is 5.82 Å². The topological polar surface area (TPSA) is 85.8 Å². The quantitative estimate of drug-likeness (QED) is 0.336. The van der Waals surface area contributed by atoms with Gasteiger partial charge >= 0.3 is 0 Å². The van der Waals surface area contributed by atoms with Crippen molar-refractivity contribution in [2.75, 3.05) is 5.73 Å². The van der Waals surface area contributed by atoms with E-state index < -0.39 is 0 Å². The van der Waals surface area contributed by atoms with Gasteiger partial charge in [-0.05, 0) is 42.8 Å². The van der Waals surface area contributed by atoms with Crippen molar-refractivity contribution in [1.29, 1.82) is 0 Å². The first-order valence-corrected chi connectivity index (χ1v) is 11.1. The highest BCUT2D eigenvalue weighted by Crippen LogP contribution is 2.33. The molecule has 0 aliphatic heterocycles. The van der Waals surface area contributed by atoms with E-state index in [1.165, 1.54) is 0 Å². The van der Waals surface area contributed by atoms with Gasteiger partial charge < -0.3 is 11.1 Å². The van der Waals surface area contributed by atoms with E-state index in [0.717, 1.165) is 5.56 Å². The summed E-state index contributed by atoms with van der Waals surface area (Å²) >= 11 is 12.5. The summed E-state index contributed by atoms with van der Waals surface area (Å²) in [5.74, 6) is -0.137. The molecule has 1 atom stereocenters. The van der Waals surface area contributed by atoms with Crippen LogP contribution < -0.4 is 11.1 Å². The third-order valence-electron chi connectivity index (χ3n) is 5.48. The molecule has 0 aliphatic carbocycles. The lowest BCUT2D eigenvalue weighted by atomic mass is 10.1. The Kier molecular flexibility index (Phi) is 5.40. The average Bonchev–Trinajstić information content (AvgIpc) is 3.08. The third-order valence-corrected chi connectivity index (χ3v) is 5.91. The largest absolute Gasteiger partial charge is 0.384 e. The van der Waals surface area contributed by atoms with E-state index in [0.29, 0.717) is 37.9 Å². The minimum atomic E-state index is -0.342. The first-order valence-electron chi connectivity index (χ1n) is 10.3. The minimum absolute atomic E-state index is 0.205. The fourth-order valence-corrected chi connectivity index (χ4v) is 4.42. The number of carbonyl (C=O) groups excluding carboxylic acids is 1. The predicted molar refractivity (Wildman–Crippen MR) is 133 cm³/mol. The van der Waals surface area contributed by atoms with Crippen LogP contribution in [0.1, 0.15) is 28.9 Å². The fraction of sp³-hybridized carbons (Fsp3) is 0.0800. The van der Waals surface area contributed by atoms with Crippen LogP contribution in [0.3, 0.4) is 0 Å². The maximum Gasteiger partial charge on any atom is 0.257 e. The van der Waals surface area contributed by atoms with Crippen molar-refractivity contribution in [3.63, 3.8) is 0 Å². The summed E-state index contributed by atoms with van der Waals surface area (Å²) in [6.07, 6.45) is 0. The molecule has 3 N–H and O–H groups in total. The number of carbonyl (C=O) groups is 1. The molecule has 5 aromatic rings. The molecule has 164 valence electrons. The van der Waals surface area contributed by atoms with E-state index in [1.54, 1.807) is 22.8 Å². The van der Waals surface area contributed by atoms with Crippen LogP contribution >= 0.6 is 23.2 Å². The van der Waals surface area contributed by atoms with Crippen LogP contribution in [0, 0.1) is 0 Å². The fourth-order valence-electron chi connectivity index (χ4n) is 3.91. The van der Waals surface area contributed by atoms with E-state index >= 15 is 0 Å². The average molecular weight is 476 g/mol. The van der Waals surface area contributed by atoms with Gasteiger partial charge in [0.2, 0.25) is 0 Å². The second-order valence-corrected chi connectivity index (χ2v) is 8.59. The number of para-hydroxylation sites is 2. The third kappa shape index (κ3) is 3.88. The number of nitrogens with zero attached hydrogens (tertiary/aromatic N) is 3. The number of nitrogen functional groups attached to an aromatic ring is 1. The maximum absolute atomic E-state index is 13.5. The van der Waals surface area contributed by atoms with Gasteiger partial charge in [0.05, 0.1) is 22.8 Å². The Hall–Kier alpha value is -3.61. The lowest BCUT2D eigenvalue weighted by Crippen LogP contribution is -2.27. The van der Waals surface area contributed by atoms with Crippen molar-refractivity contribution in [2.24, 2.45) is 0 Å². The van der Waals surface area contributed by atoms with Crippen LogP contribution in [0.2, 0.25) is 10.0 Å². The molecular weight excluding hydrogens is 457 g/mol. The van der Waals surface area contributed by atoms with Gasteiger partial charge in [-0.1, -0.05) is 65.7 Å². The molecule has 0 saturated heterocycles. The van der Waals surface area contributed by atoms with Crippen molar-refractivity contribution in [2.45, 2.75) is 13.0 Å². The van der Waals surface area contributed by atoms with Gasteiger partial charge in [0.25, 0.3) is 5.91 Å². The van der Waals surface area contributed by atoms with E-state index in [2.05, 4.69) is 5.32 Å². The summed E-state index contributed by atoms with van der Waals surface area (Å²) in [6.45, 7) is 1.92. The first-order chi connectivity index (χ1) is 15.9. The number of amides is 1. The Morgan fingerprint density at radius 2 is 1.55 bits per heavy atom. The molecule has 0 spiro atoms. The van der Waals surface area contributed by atoms with Crippen molar-refractivity contribution < 1.29 is 4.79 Å². The number of aromatic nitrogens is 3. The van der Waals surface area contributed by atoms with Crippen LogP contribution in [0.25, 0.3) is 27.9 Å². The summed E-state index contributed by atoms with van der Waals surface area (Å²) in [5.41, 5.74) is 10.6.